The summed E-state index contributed by atoms with van der Waals surface area (Å²) in [7, 11) is 0. The van der Waals surface area contributed by atoms with Crippen molar-refractivity contribution in [2.75, 3.05) is 13.2 Å². The highest BCUT2D eigenvalue weighted by molar-refractivity contribution is 5.53. The molecule has 7 heteroatoms. The lowest BCUT2D eigenvalue weighted by molar-refractivity contribution is -0.139. The number of benzene rings is 1. The number of fused-ring (bicyclic) bond motifs is 1. The summed E-state index contributed by atoms with van der Waals surface area (Å²) in [6.07, 6.45) is -0.887. The van der Waals surface area contributed by atoms with Crippen LogP contribution in [0.3, 0.4) is 0 Å². The largest absolute Gasteiger partial charge is 0.486 e. The molecule has 0 aromatic heterocycles. The van der Waals surface area contributed by atoms with Gasteiger partial charge in [-0.25, -0.2) is 4.79 Å². The zero-order valence-electron chi connectivity index (χ0n) is 11.7. The molecule has 3 rings (SSSR count). The second kappa shape index (κ2) is 5.32. The van der Waals surface area contributed by atoms with E-state index in [0.29, 0.717) is 12.8 Å². The molecule has 4 nitrogen and oxygen atoms in total. The summed E-state index contributed by atoms with van der Waals surface area (Å²) in [5, 5.41) is 0. The molecule has 1 aromatic rings. The van der Waals surface area contributed by atoms with E-state index in [4.69, 9.17) is 9.47 Å². The molecule has 0 bridgehead atoms. The van der Waals surface area contributed by atoms with Gasteiger partial charge >= 0.3 is 6.18 Å². The number of nitrogens with zero attached hydrogens (tertiary/aromatic N) is 1. The first kappa shape index (κ1) is 14.9. The monoisotopic (exact) mass is 313 g/mol. The van der Waals surface area contributed by atoms with Gasteiger partial charge in [-0.15, -0.1) is 0 Å². The van der Waals surface area contributed by atoms with Gasteiger partial charge in [0.2, 0.25) is 6.08 Å². The molecular formula is C15H14F3NO3. The second-order valence-corrected chi connectivity index (χ2v) is 5.48. The predicted octanol–water partition coefficient (Wildman–Crippen LogP) is 3.58. The Labute approximate surface area is 124 Å². The topological polar surface area (TPSA) is 47.9 Å². The van der Waals surface area contributed by atoms with Crippen molar-refractivity contribution in [3.05, 3.63) is 23.3 Å². The van der Waals surface area contributed by atoms with Crippen LogP contribution in [0.25, 0.3) is 0 Å². The van der Waals surface area contributed by atoms with Gasteiger partial charge in [0.15, 0.2) is 11.5 Å². The summed E-state index contributed by atoms with van der Waals surface area (Å²) in [5.41, 5.74) is -2.01. The summed E-state index contributed by atoms with van der Waals surface area (Å²) < 4.78 is 51.0. The van der Waals surface area contributed by atoms with Crippen LogP contribution in [0.1, 0.15) is 36.8 Å². The lowest BCUT2D eigenvalue weighted by atomic mass is 9.84. The first-order valence-corrected chi connectivity index (χ1v) is 7.07. The minimum absolute atomic E-state index is 0.0231. The molecule has 0 saturated heterocycles. The summed E-state index contributed by atoms with van der Waals surface area (Å²) in [4.78, 5) is 14.5. The molecule has 1 saturated carbocycles. The summed E-state index contributed by atoms with van der Waals surface area (Å²) in [6.45, 7) is 0.489. The van der Waals surface area contributed by atoms with E-state index in [1.807, 2.05) is 0 Å². The van der Waals surface area contributed by atoms with E-state index in [-0.39, 0.29) is 30.3 Å². The van der Waals surface area contributed by atoms with Gasteiger partial charge in [0.05, 0.1) is 11.1 Å². The van der Waals surface area contributed by atoms with Gasteiger partial charge < -0.3 is 9.47 Å². The second-order valence-electron chi connectivity index (χ2n) is 5.48. The van der Waals surface area contributed by atoms with Gasteiger partial charge in [-0.05, 0) is 30.5 Å². The first-order chi connectivity index (χ1) is 10.5. The fraction of sp³-hybridized carbons (Fsp3) is 0.533. The van der Waals surface area contributed by atoms with E-state index in [1.165, 1.54) is 12.1 Å². The van der Waals surface area contributed by atoms with E-state index >= 15 is 0 Å². The van der Waals surface area contributed by atoms with Gasteiger partial charge in [-0.2, -0.15) is 18.2 Å². The van der Waals surface area contributed by atoms with Crippen LogP contribution < -0.4 is 9.47 Å². The molecule has 1 heterocycles. The third kappa shape index (κ3) is 2.46. The van der Waals surface area contributed by atoms with Crippen LogP contribution in [-0.2, 0) is 16.5 Å². The molecular weight excluding hydrogens is 299 g/mol. The smallest absolute Gasteiger partial charge is 0.416 e. The molecule has 1 aliphatic heterocycles. The van der Waals surface area contributed by atoms with Gasteiger partial charge in [0.1, 0.15) is 13.2 Å². The zero-order chi connectivity index (χ0) is 15.8. The Bertz CT molecular complexity index is 630. The number of alkyl halides is 3. The molecule has 2 aliphatic rings. The normalized spacial score (nSPS) is 19.6. The van der Waals surface area contributed by atoms with Crippen molar-refractivity contribution < 1.29 is 27.4 Å². The molecule has 1 aliphatic carbocycles. The number of aliphatic imine (C=N–C) groups is 1. The number of isocyanates is 1. The van der Waals surface area contributed by atoms with Crippen molar-refractivity contribution in [3.8, 4) is 11.5 Å². The SMILES string of the molecule is O=C=NC1(c2cc3c(cc2C(F)(F)F)OCCO3)CCCC1. The van der Waals surface area contributed by atoms with E-state index in [9.17, 15) is 18.0 Å². The number of rotatable bonds is 2. The highest BCUT2D eigenvalue weighted by atomic mass is 19.4. The maximum atomic E-state index is 13.4. The van der Waals surface area contributed by atoms with E-state index in [2.05, 4.69) is 4.99 Å². The van der Waals surface area contributed by atoms with Crippen molar-refractivity contribution in [1.29, 1.82) is 0 Å². The van der Waals surface area contributed by atoms with Crippen molar-refractivity contribution >= 4 is 6.08 Å². The number of carbonyl (C=O) groups excluding carboxylic acids is 1. The fourth-order valence-electron chi connectivity index (χ4n) is 3.20. The van der Waals surface area contributed by atoms with E-state index < -0.39 is 17.3 Å². The lowest BCUT2D eigenvalue weighted by Crippen LogP contribution is -2.26. The maximum absolute atomic E-state index is 13.4. The first-order valence-electron chi connectivity index (χ1n) is 7.07. The Kier molecular flexibility index (Phi) is 3.60. The molecule has 1 aromatic carbocycles. The van der Waals surface area contributed by atoms with Crippen LogP contribution in [0.4, 0.5) is 13.2 Å². The molecule has 0 amide bonds. The average molecular weight is 313 g/mol. The molecule has 0 unspecified atom stereocenters. The van der Waals surface area contributed by atoms with Gasteiger partial charge in [-0.3, -0.25) is 0 Å². The van der Waals surface area contributed by atoms with Crippen LogP contribution >= 0.6 is 0 Å². The van der Waals surface area contributed by atoms with Gasteiger partial charge in [0, 0.05) is 0 Å². The fourth-order valence-corrected chi connectivity index (χ4v) is 3.20. The van der Waals surface area contributed by atoms with Crippen molar-refractivity contribution in [1.82, 2.24) is 0 Å². The van der Waals surface area contributed by atoms with Gasteiger partial charge in [-0.1, -0.05) is 12.8 Å². The molecule has 0 N–H and O–H groups in total. The number of hydrogen-bond donors (Lipinski definition) is 0. The van der Waals surface area contributed by atoms with Crippen LogP contribution in [0.2, 0.25) is 0 Å². The minimum atomic E-state index is -4.56. The van der Waals surface area contributed by atoms with Crippen molar-refractivity contribution in [2.24, 2.45) is 4.99 Å². The van der Waals surface area contributed by atoms with E-state index in [0.717, 1.165) is 18.9 Å². The molecule has 0 atom stereocenters. The number of halogens is 3. The molecule has 0 spiro atoms. The number of hydrogen-bond acceptors (Lipinski definition) is 4. The maximum Gasteiger partial charge on any atom is 0.416 e. The van der Waals surface area contributed by atoms with E-state index in [1.54, 1.807) is 0 Å². The lowest BCUT2D eigenvalue weighted by Gasteiger charge is -2.29. The quantitative estimate of drug-likeness (QED) is 0.619. The summed E-state index contributed by atoms with van der Waals surface area (Å²) in [6, 6.07) is 2.27. The van der Waals surface area contributed by atoms with Crippen LogP contribution in [0.15, 0.2) is 17.1 Å². The summed E-state index contributed by atoms with van der Waals surface area (Å²) >= 11 is 0. The molecule has 0 radical (unpaired) electrons. The van der Waals surface area contributed by atoms with Crippen LogP contribution in [0.5, 0.6) is 11.5 Å². The molecule has 118 valence electrons. The molecule has 1 fully saturated rings. The average Bonchev–Trinajstić information content (AvgIpc) is 2.95. The predicted molar refractivity (Wildman–Crippen MR) is 70.7 cm³/mol. The molecule has 22 heavy (non-hydrogen) atoms. The van der Waals surface area contributed by atoms with Crippen molar-refractivity contribution in [2.45, 2.75) is 37.4 Å². The Morgan fingerprint density at radius 2 is 1.68 bits per heavy atom. The summed E-state index contributed by atoms with van der Waals surface area (Å²) in [5.74, 6) is 0.340. The highest BCUT2D eigenvalue weighted by Crippen LogP contribution is 2.50. The van der Waals surface area contributed by atoms with Crippen LogP contribution in [0, 0.1) is 0 Å². The Morgan fingerprint density at radius 3 is 2.23 bits per heavy atom. The zero-order valence-corrected chi connectivity index (χ0v) is 11.7. The Morgan fingerprint density at radius 1 is 1.09 bits per heavy atom. The minimum Gasteiger partial charge on any atom is -0.486 e. The third-order valence-electron chi connectivity index (χ3n) is 4.18. The van der Waals surface area contributed by atoms with Crippen LogP contribution in [-0.4, -0.2) is 19.3 Å². The standard InChI is InChI=1S/C15H14F3NO3/c16-15(17,18)11-8-13-12(21-5-6-22-13)7-10(11)14(19-9-20)3-1-2-4-14/h7-8H,1-6H2. The van der Waals surface area contributed by atoms with Crippen molar-refractivity contribution in [3.63, 3.8) is 0 Å². The van der Waals surface area contributed by atoms with Gasteiger partial charge in [0.25, 0.3) is 0 Å². The highest BCUT2D eigenvalue weighted by Gasteiger charge is 2.45. The Hall–Kier alpha value is -2.01. The third-order valence-corrected chi connectivity index (χ3v) is 4.18. The Balaban J connectivity index is 2.22. The number of ether oxygens (including phenoxy) is 2.